The number of carbonyl (C=O) groups is 2. The molecule has 2 saturated carbocycles. The Labute approximate surface area is 156 Å². The average molecular weight is 371 g/mol. The molecule has 0 aromatic heterocycles. The van der Waals surface area contributed by atoms with E-state index in [0.29, 0.717) is 34.8 Å². The van der Waals surface area contributed by atoms with E-state index in [2.05, 4.69) is 17.3 Å². The highest BCUT2D eigenvalue weighted by Gasteiger charge is 2.67. The molecule has 1 aromatic rings. The monoisotopic (exact) mass is 370 g/mol. The topological polar surface area (TPSA) is 59.0 Å². The van der Waals surface area contributed by atoms with Crippen molar-refractivity contribution in [1.29, 1.82) is 0 Å². The minimum Gasteiger partial charge on any atom is -0.493 e. The Morgan fingerprint density at radius 2 is 1.85 bits per heavy atom. The Hall–Kier alpha value is -2.14. The number of hydrazone groups is 1. The van der Waals surface area contributed by atoms with E-state index in [0.717, 1.165) is 11.4 Å². The van der Waals surface area contributed by atoms with Crippen LogP contribution in [0.3, 0.4) is 0 Å². The number of amides is 2. The number of hydrogen-bond acceptors (Lipinski definition) is 4. The molecule has 1 saturated heterocycles. The van der Waals surface area contributed by atoms with Crippen LogP contribution in [0.2, 0.25) is 5.02 Å². The average Bonchev–Trinajstić information content (AvgIpc) is 3.41. The fourth-order valence-electron chi connectivity index (χ4n) is 5.08. The quantitative estimate of drug-likeness (QED) is 0.465. The number of rotatable bonds is 4. The lowest BCUT2D eigenvalue weighted by molar-refractivity contribution is -0.140. The molecule has 0 N–H and O–H groups in total. The zero-order valence-corrected chi connectivity index (χ0v) is 15.1. The van der Waals surface area contributed by atoms with Crippen molar-refractivity contribution >= 4 is 29.6 Å². The first-order valence-corrected chi connectivity index (χ1v) is 9.50. The zero-order chi connectivity index (χ0) is 18.0. The van der Waals surface area contributed by atoms with E-state index in [1.54, 1.807) is 18.2 Å². The number of imide groups is 1. The van der Waals surface area contributed by atoms with Gasteiger partial charge in [-0.3, -0.25) is 9.59 Å². The van der Waals surface area contributed by atoms with Crippen LogP contribution in [0, 0.1) is 35.5 Å². The molecule has 3 fully saturated rings. The van der Waals surface area contributed by atoms with E-state index < -0.39 is 0 Å². The summed E-state index contributed by atoms with van der Waals surface area (Å²) in [6, 6.07) is 5.22. The van der Waals surface area contributed by atoms with E-state index in [-0.39, 0.29) is 35.5 Å². The van der Waals surface area contributed by atoms with Gasteiger partial charge in [0.1, 0.15) is 5.75 Å². The maximum atomic E-state index is 12.9. The minimum absolute atomic E-state index is 0.166. The van der Waals surface area contributed by atoms with Gasteiger partial charge in [-0.25, -0.2) is 0 Å². The molecule has 4 aliphatic carbocycles. The molecule has 5 aliphatic rings. The number of carbonyl (C=O) groups excluding carboxylic acids is 2. The lowest BCUT2D eigenvalue weighted by Gasteiger charge is -2.37. The first kappa shape index (κ1) is 16.1. The van der Waals surface area contributed by atoms with Crippen LogP contribution in [0.25, 0.3) is 0 Å². The number of nitrogens with zero attached hydrogens (tertiary/aromatic N) is 2. The minimum atomic E-state index is -0.232. The molecular formula is C20H19ClN2O3. The third-order valence-corrected chi connectivity index (χ3v) is 6.46. The van der Waals surface area contributed by atoms with Gasteiger partial charge >= 0.3 is 0 Å². The zero-order valence-electron chi connectivity index (χ0n) is 14.3. The summed E-state index contributed by atoms with van der Waals surface area (Å²) >= 11 is 6.06. The number of allylic oxidation sites excluding steroid dienone is 2. The molecule has 6 heteroatoms. The van der Waals surface area contributed by atoms with Crippen molar-refractivity contribution in [3.05, 3.63) is 40.9 Å². The fourth-order valence-corrected chi connectivity index (χ4v) is 5.26. The van der Waals surface area contributed by atoms with Crippen LogP contribution in [-0.2, 0) is 9.59 Å². The summed E-state index contributed by atoms with van der Waals surface area (Å²) in [5.41, 5.74) is 0.652. The largest absolute Gasteiger partial charge is 0.493 e. The van der Waals surface area contributed by atoms with Crippen LogP contribution in [0.5, 0.6) is 5.75 Å². The Bertz CT molecular complexity index is 829. The predicted molar refractivity (Wildman–Crippen MR) is 96.8 cm³/mol. The highest BCUT2D eigenvalue weighted by Crippen LogP contribution is 2.65. The number of benzene rings is 1. The highest BCUT2D eigenvalue weighted by atomic mass is 35.5. The van der Waals surface area contributed by atoms with Crippen molar-refractivity contribution in [2.45, 2.75) is 13.3 Å². The van der Waals surface area contributed by atoms with Gasteiger partial charge < -0.3 is 4.74 Å². The van der Waals surface area contributed by atoms with Crippen molar-refractivity contribution in [1.82, 2.24) is 5.01 Å². The van der Waals surface area contributed by atoms with Crippen LogP contribution >= 0.6 is 11.6 Å². The van der Waals surface area contributed by atoms with Crippen molar-refractivity contribution in [2.75, 3.05) is 6.61 Å². The van der Waals surface area contributed by atoms with Crippen LogP contribution in [-0.4, -0.2) is 29.6 Å². The maximum absolute atomic E-state index is 12.9. The predicted octanol–water partition coefficient (Wildman–Crippen LogP) is 3.13. The van der Waals surface area contributed by atoms with E-state index in [1.165, 1.54) is 6.21 Å². The Morgan fingerprint density at radius 3 is 2.46 bits per heavy atom. The molecule has 1 aliphatic heterocycles. The van der Waals surface area contributed by atoms with Crippen molar-refractivity contribution in [2.24, 2.45) is 40.6 Å². The maximum Gasteiger partial charge on any atom is 0.254 e. The molecule has 0 spiro atoms. The van der Waals surface area contributed by atoms with Crippen molar-refractivity contribution in [3.8, 4) is 5.75 Å². The van der Waals surface area contributed by atoms with Gasteiger partial charge in [-0.05, 0) is 55.2 Å². The van der Waals surface area contributed by atoms with Crippen LogP contribution < -0.4 is 4.74 Å². The number of halogens is 1. The van der Waals surface area contributed by atoms with Crippen molar-refractivity contribution < 1.29 is 14.3 Å². The number of ether oxygens (including phenoxy) is 1. The second kappa shape index (κ2) is 5.68. The second-order valence-electron chi connectivity index (χ2n) is 7.50. The van der Waals surface area contributed by atoms with E-state index >= 15 is 0 Å². The molecule has 6 rings (SSSR count). The summed E-state index contributed by atoms with van der Waals surface area (Å²) in [4.78, 5) is 25.8. The van der Waals surface area contributed by atoms with Crippen LogP contribution in [0.4, 0.5) is 0 Å². The first-order valence-electron chi connectivity index (χ1n) is 9.12. The van der Waals surface area contributed by atoms with Crippen LogP contribution in [0.1, 0.15) is 18.9 Å². The molecular weight excluding hydrogens is 352 g/mol. The van der Waals surface area contributed by atoms with Gasteiger partial charge in [-0.1, -0.05) is 23.8 Å². The van der Waals surface area contributed by atoms with Gasteiger partial charge in [0.25, 0.3) is 11.8 Å². The first-order chi connectivity index (χ1) is 12.6. The van der Waals surface area contributed by atoms with E-state index in [1.807, 2.05) is 6.92 Å². The smallest absolute Gasteiger partial charge is 0.254 e. The molecule has 2 amide bonds. The summed E-state index contributed by atoms with van der Waals surface area (Å²) in [6.07, 6.45) is 6.96. The molecule has 2 bridgehead atoms. The Kier molecular flexibility index (Phi) is 3.51. The Morgan fingerprint density at radius 1 is 1.19 bits per heavy atom. The van der Waals surface area contributed by atoms with E-state index in [4.69, 9.17) is 16.3 Å². The summed E-state index contributed by atoms with van der Waals surface area (Å²) in [5.74, 6) is 1.41. The molecule has 6 atom stereocenters. The fraction of sp³-hybridized carbons (Fsp3) is 0.450. The van der Waals surface area contributed by atoms with Gasteiger partial charge in [0, 0.05) is 10.6 Å². The normalized spacial score (nSPS) is 36.6. The summed E-state index contributed by atoms with van der Waals surface area (Å²) in [7, 11) is 0. The molecule has 26 heavy (non-hydrogen) atoms. The molecule has 0 radical (unpaired) electrons. The molecule has 134 valence electrons. The SMILES string of the molecule is CCOc1ccc(Cl)cc1/C=N\N1C(=O)[C@@H]2[C@@H]3C=C[C@@H]([C@@H]4C[C@H]34)[C@@H]2C1=O. The van der Waals surface area contributed by atoms with Gasteiger partial charge in [-0.2, -0.15) is 10.1 Å². The number of hydrogen-bond donors (Lipinski definition) is 0. The lowest BCUT2D eigenvalue weighted by atomic mass is 9.63. The molecule has 5 nitrogen and oxygen atoms in total. The molecule has 1 heterocycles. The van der Waals surface area contributed by atoms with Gasteiger partial charge in [-0.15, -0.1) is 0 Å². The third kappa shape index (κ3) is 2.19. The van der Waals surface area contributed by atoms with Gasteiger partial charge in [0.15, 0.2) is 0 Å². The van der Waals surface area contributed by atoms with Gasteiger partial charge in [0.05, 0.1) is 24.7 Å². The van der Waals surface area contributed by atoms with Crippen molar-refractivity contribution in [3.63, 3.8) is 0 Å². The lowest BCUT2D eigenvalue weighted by Crippen LogP contribution is -2.40. The van der Waals surface area contributed by atoms with Gasteiger partial charge in [0.2, 0.25) is 0 Å². The Balaban J connectivity index is 1.44. The highest BCUT2D eigenvalue weighted by molar-refractivity contribution is 6.31. The van der Waals surface area contributed by atoms with Crippen LogP contribution in [0.15, 0.2) is 35.5 Å². The van der Waals surface area contributed by atoms with E-state index in [9.17, 15) is 9.59 Å². The molecule has 1 aromatic carbocycles. The summed E-state index contributed by atoms with van der Waals surface area (Å²) in [6.45, 7) is 2.40. The standard InChI is InChI=1S/C20H19ClN2O3/c1-2-26-16-6-3-11(21)7-10(16)9-22-23-19(24)17-12-4-5-13(15-8-14(12)15)18(17)20(23)25/h3-7,9,12-15,17-18H,2,8H2,1H3/b22-9-/t12-,13+,14-,15+,17-,18+. The second-order valence-corrected chi connectivity index (χ2v) is 7.94. The summed E-state index contributed by atoms with van der Waals surface area (Å²) < 4.78 is 5.57. The molecule has 0 unspecified atom stereocenters. The summed E-state index contributed by atoms with van der Waals surface area (Å²) in [5, 5.41) is 5.86. The third-order valence-electron chi connectivity index (χ3n) is 6.22.